The Morgan fingerprint density at radius 2 is 0.833 bits per heavy atom. The first-order chi connectivity index (χ1) is 11.8. The first kappa shape index (κ1) is 16.5. The van der Waals surface area contributed by atoms with Gasteiger partial charge in [-0.25, -0.2) is 0 Å². The summed E-state index contributed by atoms with van der Waals surface area (Å²) in [6, 6.07) is 27.7. The third kappa shape index (κ3) is 4.81. The Morgan fingerprint density at radius 1 is 0.458 bits per heavy atom. The molecular formula is C23H24O. The molecule has 0 saturated heterocycles. The van der Waals surface area contributed by atoms with Crippen LogP contribution in [-0.2, 0) is 32.3 Å². The van der Waals surface area contributed by atoms with Gasteiger partial charge in [-0.3, -0.25) is 0 Å². The fraction of sp³-hybridized carbons (Fsp3) is 0.217. The number of rotatable bonds is 7. The summed E-state index contributed by atoms with van der Waals surface area (Å²) in [5, 5.41) is 9.56. The van der Waals surface area contributed by atoms with E-state index in [0.717, 1.165) is 31.2 Å². The molecule has 0 aromatic heterocycles. The molecule has 0 radical (unpaired) electrons. The predicted molar refractivity (Wildman–Crippen MR) is 100 cm³/mol. The molecule has 0 unspecified atom stereocenters. The smallest absolute Gasteiger partial charge is 0.0682 e. The Labute approximate surface area is 144 Å². The Hall–Kier alpha value is -2.38. The van der Waals surface area contributed by atoms with Crippen molar-refractivity contribution in [1.82, 2.24) is 0 Å². The summed E-state index contributed by atoms with van der Waals surface area (Å²) in [6.07, 6.45) is 4.09. The van der Waals surface area contributed by atoms with E-state index < -0.39 is 0 Å². The number of aliphatic hydroxyl groups excluding tert-OH is 1. The summed E-state index contributed by atoms with van der Waals surface area (Å²) in [6.45, 7) is 0.109. The number of hydrogen-bond acceptors (Lipinski definition) is 1. The van der Waals surface area contributed by atoms with Crippen molar-refractivity contribution in [2.75, 3.05) is 0 Å². The molecular weight excluding hydrogens is 292 g/mol. The van der Waals surface area contributed by atoms with E-state index in [2.05, 4.69) is 78.9 Å². The summed E-state index contributed by atoms with van der Waals surface area (Å²) >= 11 is 0. The summed E-state index contributed by atoms with van der Waals surface area (Å²) < 4.78 is 0. The van der Waals surface area contributed by atoms with Crippen molar-refractivity contribution >= 4 is 0 Å². The van der Waals surface area contributed by atoms with E-state index in [0.29, 0.717) is 0 Å². The molecule has 3 aromatic carbocycles. The van der Waals surface area contributed by atoms with Crippen LogP contribution in [-0.4, -0.2) is 5.11 Å². The Morgan fingerprint density at radius 3 is 1.25 bits per heavy atom. The number of aryl methyl sites for hydroxylation is 4. The molecule has 1 N–H and O–H groups in total. The van der Waals surface area contributed by atoms with E-state index in [1.54, 1.807) is 0 Å². The maximum absolute atomic E-state index is 9.56. The first-order valence-corrected chi connectivity index (χ1v) is 8.64. The van der Waals surface area contributed by atoms with Gasteiger partial charge in [0.15, 0.2) is 0 Å². The topological polar surface area (TPSA) is 20.2 Å². The van der Waals surface area contributed by atoms with Gasteiger partial charge >= 0.3 is 0 Å². The molecule has 3 rings (SSSR count). The van der Waals surface area contributed by atoms with Crippen LogP contribution in [0.2, 0.25) is 0 Å². The van der Waals surface area contributed by atoms with Gasteiger partial charge in [0, 0.05) is 0 Å². The molecule has 0 spiro atoms. The summed E-state index contributed by atoms with van der Waals surface area (Å²) in [5.74, 6) is 0. The molecule has 0 amide bonds. The molecule has 1 nitrogen and oxygen atoms in total. The van der Waals surface area contributed by atoms with Crippen molar-refractivity contribution < 1.29 is 5.11 Å². The lowest BCUT2D eigenvalue weighted by atomic mass is 9.97. The Bertz CT molecular complexity index is 686. The van der Waals surface area contributed by atoms with Crippen LogP contribution in [0, 0.1) is 0 Å². The van der Waals surface area contributed by atoms with Crippen LogP contribution in [0.25, 0.3) is 0 Å². The highest BCUT2D eigenvalue weighted by Crippen LogP contribution is 2.16. The van der Waals surface area contributed by atoms with E-state index in [-0.39, 0.29) is 6.61 Å². The van der Waals surface area contributed by atoms with Crippen LogP contribution in [0.4, 0.5) is 0 Å². The lowest BCUT2D eigenvalue weighted by Gasteiger charge is -2.09. The molecule has 0 atom stereocenters. The highest BCUT2D eigenvalue weighted by molar-refractivity contribution is 5.32. The summed E-state index contributed by atoms with van der Waals surface area (Å²) in [4.78, 5) is 0. The highest BCUT2D eigenvalue weighted by Gasteiger charge is 2.03. The van der Waals surface area contributed by atoms with Gasteiger partial charge in [0.2, 0.25) is 0 Å². The fourth-order valence-electron chi connectivity index (χ4n) is 3.09. The zero-order valence-electron chi connectivity index (χ0n) is 14.0. The van der Waals surface area contributed by atoms with Gasteiger partial charge in [-0.05, 0) is 53.5 Å². The van der Waals surface area contributed by atoms with Crippen LogP contribution >= 0.6 is 0 Å². The second-order valence-electron chi connectivity index (χ2n) is 6.29. The van der Waals surface area contributed by atoms with Gasteiger partial charge in [0.1, 0.15) is 0 Å². The van der Waals surface area contributed by atoms with E-state index in [1.165, 1.54) is 22.3 Å². The minimum Gasteiger partial charge on any atom is -0.392 e. The molecule has 0 heterocycles. The van der Waals surface area contributed by atoms with Crippen molar-refractivity contribution in [3.63, 3.8) is 0 Å². The van der Waals surface area contributed by atoms with Crippen LogP contribution in [0.5, 0.6) is 0 Å². The van der Waals surface area contributed by atoms with Crippen LogP contribution < -0.4 is 0 Å². The maximum Gasteiger partial charge on any atom is 0.0682 e. The molecule has 3 aromatic rings. The normalized spacial score (nSPS) is 10.7. The second kappa shape index (κ2) is 8.47. The van der Waals surface area contributed by atoms with Crippen LogP contribution in [0.1, 0.15) is 27.8 Å². The SMILES string of the molecule is OCc1cc(CCc2ccccc2)cc(CCc2ccccc2)c1. The standard InChI is InChI=1S/C23H24O/c24-18-23-16-21(13-11-19-7-3-1-4-8-19)15-22(17-23)14-12-20-9-5-2-6-10-20/h1-10,15-17,24H,11-14,18H2. The maximum atomic E-state index is 9.56. The first-order valence-electron chi connectivity index (χ1n) is 8.64. The lowest BCUT2D eigenvalue weighted by molar-refractivity contribution is 0.281. The quantitative estimate of drug-likeness (QED) is 0.667. The minimum absolute atomic E-state index is 0.109. The highest BCUT2D eigenvalue weighted by atomic mass is 16.3. The summed E-state index contributed by atoms with van der Waals surface area (Å²) in [7, 11) is 0. The van der Waals surface area contributed by atoms with Gasteiger partial charge in [-0.2, -0.15) is 0 Å². The third-order valence-corrected chi connectivity index (χ3v) is 4.39. The summed E-state index contributed by atoms with van der Waals surface area (Å²) in [5.41, 5.74) is 6.36. The number of benzene rings is 3. The molecule has 0 fully saturated rings. The molecule has 122 valence electrons. The van der Waals surface area contributed by atoms with Crippen molar-refractivity contribution in [2.45, 2.75) is 32.3 Å². The van der Waals surface area contributed by atoms with Crippen molar-refractivity contribution in [3.05, 3.63) is 107 Å². The fourth-order valence-corrected chi connectivity index (χ4v) is 3.09. The molecule has 0 bridgehead atoms. The second-order valence-corrected chi connectivity index (χ2v) is 6.29. The third-order valence-electron chi connectivity index (χ3n) is 4.39. The Kier molecular flexibility index (Phi) is 5.81. The van der Waals surface area contributed by atoms with E-state index in [1.807, 2.05) is 0 Å². The van der Waals surface area contributed by atoms with Gasteiger partial charge in [0.05, 0.1) is 6.61 Å². The molecule has 1 heteroatoms. The molecule has 0 aliphatic carbocycles. The van der Waals surface area contributed by atoms with Gasteiger partial charge in [-0.15, -0.1) is 0 Å². The molecule has 0 saturated carbocycles. The van der Waals surface area contributed by atoms with Crippen LogP contribution in [0.3, 0.4) is 0 Å². The van der Waals surface area contributed by atoms with E-state index in [9.17, 15) is 5.11 Å². The molecule has 0 aliphatic rings. The van der Waals surface area contributed by atoms with E-state index in [4.69, 9.17) is 0 Å². The van der Waals surface area contributed by atoms with Crippen LogP contribution in [0.15, 0.2) is 78.9 Å². The monoisotopic (exact) mass is 316 g/mol. The zero-order chi connectivity index (χ0) is 16.6. The Balaban J connectivity index is 1.68. The van der Waals surface area contributed by atoms with Gasteiger partial charge in [0.25, 0.3) is 0 Å². The number of aliphatic hydroxyl groups is 1. The van der Waals surface area contributed by atoms with Crippen molar-refractivity contribution in [1.29, 1.82) is 0 Å². The molecule has 24 heavy (non-hydrogen) atoms. The van der Waals surface area contributed by atoms with Gasteiger partial charge in [-0.1, -0.05) is 78.9 Å². The van der Waals surface area contributed by atoms with Crippen molar-refractivity contribution in [3.8, 4) is 0 Å². The van der Waals surface area contributed by atoms with Crippen molar-refractivity contribution in [2.24, 2.45) is 0 Å². The zero-order valence-corrected chi connectivity index (χ0v) is 14.0. The average Bonchev–Trinajstić information content (AvgIpc) is 2.66. The lowest BCUT2D eigenvalue weighted by Crippen LogP contribution is -1.98. The predicted octanol–water partition coefficient (Wildman–Crippen LogP) is 4.75. The van der Waals surface area contributed by atoms with E-state index >= 15 is 0 Å². The molecule has 0 aliphatic heterocycles. The largest absolute Gasteiger partial charge is 0.392 e. The minimum atomic E-state index is 0.109. The average molecular weight is 316 g/mol. The van der Waals surface area contributed by atoms with Gasteiger partial charge < -0.3 is 5.11 Å². The number of hydrogen-bond donors (Lipinski definition) is 1.